The van der Waals surface area contributed by atoms with Crippen molar-refractivity contribution < 1.29 is 9.72 Å². The number of para-hydroxylation sites is 1. The Hall–Kier alpha value is -4.60. The van der Waals surface area contributed by atoms with Gasteiger partial charge < -0.3 is 0 Å². The van der Waals surface area contributed by atoms with Crippen LogP contribution in [-0.4, -0.2) is 37.0 Å². The summed E-state index contributed by atoms with van der Waals surface area (Å²) >= 11 is 0. The predicted octanol–water partition coefficient (Wildman–Crippen LogP) is 3.55. The molecule has 10 heteroatoms. The first-order valence-corrected chi connectivity index (χ1v) is 9.69. The summed E-state index contributed by atoms with van der Waals surface area (Å²) in [6.45, 7) is 3.83. The Labute approximate surface area is 182 Å². The zero-order valence-corrected chi connectivity index (χ0v) is 17.3. The maximum atomic E-state index is 12.4. The molecule has 0 bridgehead atoms. The van der Waals surface area contributed by atoms with Crippen LogP contribution < -0.4 is 5.43 Å². The van der Waals surface area contributed by atoms with Crippen LogP contribution in [-0.2, 0) is 0 Å². The second kappa shape index (κ2) is 8.64. The van der Waals surface area contributed by atoms with Crippen LogP contribution in [0, 0.1) is 24.0 Å². The summed E-state index contributed by atoms with van der Waals surface area (Å²) in [7, 11) is 0. The Morgan fingerprint density at radius 3 is 2.69 bits per heavy atom. The number of H-pyrrole nitrogens is 1. The van der Waals surface area contributed by atoms with Gasteiger partial charge in [0.1, 0.15) is 5.69 Å². The number of hydrogen-bond donors (Lipinski definition) is 2. The van der Waals surface area contributed by atoms with Gasteiger partial charge in [-0.15, -0.1) is 0 Å². The molecule has 2 aromatic heterocycles. The van der Waals surface area contributed by atoms with Crippen molar-refractivity contribution >= 4 is 17.8 Å². The van der Waals surface area contributed by atoms with Crippen LogP contribution in [0.5, 0.6) is 0 Å². The first-order valence-electron chi connectivity index (χ1n) is 9.69. The third-order valence-electron chi connectivity index (χ3n) is 4.83. The number of benzene rings is 2. The molecule has 4 aromatic rings. The second-order valence-corrected chi connectivity index (χ2v) is 7.01. The summed E-state index contributed by atoms with van der Waals surface area (Å²) in [5.41, 5.74) is 7.10. The number of non-ortho nitro benzene ring substituents is 1. The average Bonchev–Trinajstić information content (AvgIpc) is 3.38. The molecule has 0 saturated carbocycles. The number of amides is 1. The van der Waals surface area contributed by atoms with Crippen molar-refractivity contribution in [1.29, 1.82) is 0 Å². The summed E-state index contributed by atoms with van der Waals surface area (Å²) in [5.74, 6) is -0.490. The Balaban J connectivity index is 1.51. The molecule has 0 saturated heterocycles. The van der Waals surface area contributed by atoms with E-state index in [9.17, 15) is 14.9 Å². The van der Waals surface area contributed by atoms with E-state index in [1.54, 1.807) is 18.2 Å². The smallest absolute Gasteiger partial charge is 0.272 e. The summed E-state index contributed by atoms with van der Waals surface area (Å²) in [5, 5.41) is 26.3. The van der Waals surface area contributed by atoms with E-state index in [0.717, 1.165) is 22.6 Å². The van der Waals surface area contributed by atoms with Crippen LogP contribution in [0.2, 0.25) is 0 Å². The van der Waals surface area contributed by atoms with Gasteiger partial charge in [0.2, 0.25) is 0 Å². The van der Waals surface area contributed by atoms with Gasteiger partial charge >= 0.3 is 0 Å². The third-order valence-corrected chi connectivity index (χ3v) is 4.83. The van der Waals surface area contributed by atoms with E-state index in [0.29, 0.717) is 11.3 Å². The number of nitro benzene ring substituents is 1. The maximum absolute atomic E-state index is 12.4. The molecule has 10 nitrogen and oxygen atoms in total. The molecule has 160 valence electrons. The van der Waals surface area contributed by atoms with E-state index in [4.69, 9.17) is 0 Å². The minimum atomic E-state index is -0.494. The number of nitrogens with zero attached hydrogens (tertiary/aromatic N) is 5. The van der Waals surface area contributed by atoms with Crippen molar-refractivity contribution in [2.45, 2.75) is 13.8 Å². The SMILES string of the molecule is Cc1nn(-c2ccccc2)c(C)c1-c1cc(C(=O)NN=Cc2cccc([N+](=O)[O-])c2)[nH]n1. The number of aromatic amines is 1. The highest BCUT2D eigenvalue weighted by Crippen LogP contribution is 2.27. The molecule has 0 aliphatic rings. The van der Waals surface area contributed by atoms with Gasteiger partial charge in [0.25, 0.3) is 11.6 Å². The van der Waals surface area contributed by atoms with Crippen molar-refractivity contribution in [3.63, 3.8) is 0 Å². The summed E-state index contributed by atoms with van der Waals surface area (Å²) in [6, 6.07) is 17.3. The fourth-order valence-electron chi connectivity index (χ4n) is 3.34. The molecule has 2 heterocycles. The number of aryl methyl sites for hydroxylation is 1. The second-order valence-electron chi connectivity index (χ2n) is 7.01. The fraction of sp³-hybridized carbons (Fsp3) is 0.0909. The maximum Gasteiger partial charge on any atom is 0.289 e. The summed E-state index contributed by atoms with van der Waals surface area (Å²) in [6.07, 6.45) is 1.33. The Kier molecular flexibility index (Phi) is 5.58. The predicted molar refractivity (Wildman–Crippen MR) is 119 cm³/mol. The number of hydrogen-bond acceptors (Lipinski definition) is 6. The van der Waals surface area contributed by atoms with Crippen molar-refractivity contribution in [2.24, 2.45) is 5.10 Å². The highest BCUT2D eigenvalue weighted by molar-refractivity contribution is 5.94. The molecule has 2 N–H and O–H groups in total. The zero-order chi connectivity index (χ0) is 22.7. The number of nitrogens with one attached hydrogen (secondary N) is 2. The molecule has 0 radical (unpaired) electrons. The van der Waals surface area contributed by atoms with Gasteiger partial charge in [-0.1, -0.05) is 30.3 Å². The van der Waals surface area contributed by atoms with E-state index in [2.05, 4.69) is 25.8 Å². The van der Waals surface area contributed by atoms with E-state index < -0.39 is 10.8 Å². The minimum Gasteiger partial charge on any atom is -0.272 e. The molecule has 4 rings (SSSR count). The lowest BCUT2D eigenvalue weighted by Crippen LogP contribution is -2.18. The van der Waals surface area contributed by atoms with Crippen LogP contribution in [0.4, 0.5) is 5.69 Å². The van der Waals surface area contributed by atoms with Crippen LogP contribution in [0.3, 0.4) is 0 Å². The van der Waals surface area contributed by atoms with Crippen molar-refractivity contribution in [1.82, 2.24) is 25.4 Å². The molecule has 0 unspecified atom stereocenters. The number of hydrazone groups is 1. The zero-order valence-electron chi connectivity index (χ0n) is 17.3. The number of carbonyl (C=O) groups is 1. The Bertz CT molecular complexity index is 1320. The molecule has 0 atom stereocenters. The van der Waals surface area contributed by atoms with Crippen LogP contribution >= 0.6 is 0 Å². The van der Waals surface area contributed by atoms with Gasteiger partial charge in [-0.25, -0.2) is 10.1 Å². The molecular formula is C22H19N7O3. The van der Waals surface area contributed by atoms with Crippen molar-refractivity contribution in [3.8, 4) is 16.9 Å². The number of rotatable bonds is 6. The van der Waals surface area contributed by atoms with Gasteiger partial charge in [-0.05, 0) is 32.0 Å². The highest BCUT2D eigenvalue weighted by atomic mass is 16.6. The standard InChI is InChI=1S/C22H19N7O3/c1-14-21(15(2)28(27-14)17-8-4-3-5-9-17)19-12-20(25-24-19)22(30)26-23-13-16-7-6-10-18(11-16)29(31)32/h3-13H,1-2H3,(H,24,25)(H,26,30). The third kappa shape index (κ3) is 4.15. The van der Waals surface area contributed by atoms with Gasteiger partial charge in [0.15, 0.2) is 0 Å². The van der Waals surface area contributed by atoms with Gasteiger partial charge in [-0.3, -0.25) is 20.0 Å². The summed E-state index contributed by atoms with van der Waals surface area (Å²) in [4.78, 5) is 22.8. The largest absolute Gasteiger partial charge is 0.289 e. The first-order chi connectivity index (χ1) is 15.4. The van der Waals surface area contributed by atoms with E-state index in [1.807, 2.05) is 48.9 Å². The lowest BCUT2D eigenvalue weighted by Gasteiger charge is -2.04. The molecule has 0 aliphatic heterocycles. The van der Waals surface area contributed by atoms with Crippen LogP contribution in [0.15, 0.2) is 65.8 Å². The first kappa shape index (κ1) is 20.7. The molecule has 1 amide bonds. The normalized spacial score (nSPS) is 11.1. The number of nitro groups is 1. The number of aromatic nitrogens is 4. The van der Waals surface area contributed by atoms with Crippen LogP contribution in [0.1, 0.15) is 27.4 Å². The fourth-order valence-corrected chi connectivity index (χ4v) is 3.34. The lowest BCUT2D eigenvalue weighted by atomic mass is 10.1. The highest BCUT2D eigenvalue weighted by Gasteiger charge is 2.18. The number of carbonyl (C=O) groups excluding carboxylic acids is 1. The Morgan fingerprint density at radius 2 is 1.94 bits per heavy atom. The average molecular weight is 429 g/mol. The van der Waals surface area contributed by atoms with Gasteiger partial charge in [0.05, 0.1) is 33.9 Å². The molecule has 0 fully saturated rings. The van der Waals surface area contributed by atoms with E-state index in [1.165, 1.54) is 18.3 Å². The molecule has 0 spiro atoms. The molecule has 32 heavy (non-hydrogen) atoms. The van der Waals surface area contributed by atoms with Crippen molar-refractivity contribution in [2.75, 3.05) is 0 Å². The topological polar surface area (TPSA) is 131 Å². The monoisotopic (exact) mass is 429 g/mol. The van der Waals surface area contributed by atoms with E-state index >= 15 is 0 Å². The van der Waals surface area contributed by atoms with Crippen molar-refractivity contribution in [3.05, 3.63) is 93.4 Å². The van der Waals surface area contributed by atoms with Crippen LogP contribution in [0.25, 0.3) is 16.9 Å². The lowest BCUT2D eigenvalue weighted by molar-refractivity contribution is -0.384. The quantitative estimate of drug-likeness (QED) is 0.275. The molecule has 0 aliphatic carbocycles. The minimum absolute atomic E-state index is 0.0553. The van der Waals surface area contributed by atoms with Gasteiger partial charge in [-0.2, -0.15) is 15.3 Å². The summed E-state index contributed by atoms with van der Waals surface area (Å²) < 4.78 is 1.84. The van der Waals surface area contributed by atoms with Gasteiger partial charge in [0, 0.05) is 23.3 Å². The molecular weight excluding hydrogens is 410 g/mol. The molecule has 2 aromatic carbocycles. The Morgan fingerprint density at radius 1 is 1.16 bits per heavy atom. The van der Waals surface area contributed by atoms with E-state index in [-0.39, 0.29) is 11.4 Å².